The van der Waals surface area contributed by atoms with Crippen molar-refractivity contribution in [3.8, 4) is 0 Å². The molecular formula is C23H31N3O5. The highest BCUT2D eigenvalue weighted by atomic mass is 16.5. The molecule has 1 aliphatic rings. The van der Waals surface area contributed by atoms with Crippen LogP contribution in [-0.2, 0) is 20.8 Å². The zero-order chi connectivity index (χ0) is 22.6. The van der Waals surface area contributed by atoms with Crippen LogP contribution in [0, 0.1) is 5.41 Å². The van der Waals surface area contributed by atoms with Gasteiger partial charge in [0.1, 0.15) is 5.69 Å². The highest BCUT2D eigenvalue weighted by molar-refractivity contribution is 5.93. The molecule has 3 rings (SSSR count). The summed E-state index contributed by atoms with van der Waals surface area (Å²) in [5.41, 5.74) is 1.43. The van der Waals surface area contributed by atoms with Gasteiger partial charge in [-0.05, 0) is 11.0 Å². The largest absolute Gasteiger partial charge is 0.464 e. The monoisotopic (exact) mass is 429 g/mol. The summed E-state index contributed by atoms with van der Waals surface area (Å²) < 4.78 is 17.5. The van der Waals surface area contributed by atoms with Crippen LogP contribution in [0.2, 0.25) is 0 Å². The lowest BCUT2D eigenvalue weighted by atomic mass is 9.87. The summed E-state index contributed by atoms with van der Waals surface area (Å²) in [4.78, 5) is 26.4. The smallest absolute Gasteiger partial charge is 0.358 e. The van der Waals surface area contributed by atoms with Gasteiger partial charge >= 0.3 is 11.9 Å². The van der Waals surface area contributed by atoms with Crippen LogP contribution in [-0.4, -0.2) is 66.6 Å². The van der Waals surface area contributed by atoms with Crippen molar-refractivity contribution in [2.24, 2.45) is 5.41 Å². The van der Waals surface area contributed by atoms with Crippen molar-refractivity contribution in [2.75, 3.05) is 33.9 Å². The molecule has 1 aliphatic heterocycles. The normalized spacial score (nSPS) is 19.8. The van der Waals surface area contributed by atoms with E-state index in [2.05, 4.69) is 42.9 Å². The summed E-state index contributed by atoms with van der Waals surface area (Å²) in [6.07, 6.45) is 0.0114. The molecule has 2 atom stereocenters. The lowest BCUT2D eigenvalue weighted by molar-refractivity contribution is -0.129. The van der Waals surface area contributed by atoms with Crippen molar-refractivity contribution >= 4 is 11.9 Å². The number of hydrogen-bond acceptors (Lipinski definition) is 7. The van der Waals surface area contributed by atoms with Crippen LogP contribution < -0.4 is 0 Å². The summed E-state index contributed by atoms with van der Waals surface area (Å²) in [5.74, 6) is -1.13. The van der Waals surface area contributed by atoms with Gasteiger partial charge in [0.15, 0.2) is 5.69 Å². The number of carbonyl (C=O) groups excluding carboxylic acids is 2. The second-order valence-corrected chi connectivity index (χ2v) is 8.77. The van der Waals surface area contributed by atoms with Crippen LogP contribution in [0.15, 0.2) is 36.4 Å². The predicted molar refractivity (Wildman–Crippen MR) is 115 cm³/mol. The molecule has 0 saturated carbocycles. The van der Waals surface area contributed by atoms with Gasteiger partial charge in [0.2, 0.25) is 0 Å². The minimum atomic E-state index is -0.591. The van der Waals surface area contributed by atoms with Crippen LogP contribution in [0.5, 0.6) is 0 Å². The molecule has 0 unspecified atom stereocenters. The van der Waals surface area contributed by atoms with Gasteiger partial charge in [-0.1, -0.05) is 51.1 Å². The fourth-order valence-corrected chi connectivity index (χ4v) is 3.64. The molecule has 0 bridgehead atoms. The van der Waals surface area contributed by atoms with Gasteiger partial charge in [-0.2, -0.15) is 5.10 Å². The fraction of sp³-hybridized carbons (Fsp3) is 0.522. The molecule has 1 aromatic heterocycles. The number of hydrogen-bond donors (Lipinski definition) is 0. The minimum absolute atomic E-state index is 0.0212. The van der Waals surface area contributed by atoms with Gasteiger partial charge in [0, 0.05) is 25.7 Å². The molecule has 1 aromatic carbocycles. The van der Waals surface area contributed by atoms with Gasteiger partial charge in [0.25, 0.3) is 0 Å². The quantitative estimate of drug-likeness (QED) is 0.653. The first-order chi connectivity index (χ1) is 14.7. The Labute approximate surface area is 183 Å². The van der Waals surface area contributed by atoms with Crippen molar-refractivity contribution in [2.45, 2.75) is 39.5 Å². The lowest BCUT2D eigenvalue weighted by Gasteiger charge is -2.43. The number of ether oxygens (including phenoxy) is 3. The van der Waals surface area contributed by atoms with E-state index in [1.807, 2.05) is 18.2 Å². The topological polar surface area (TPSA) is 82.9 Å². The summed E-state index contributed by atoms with van der Waals surface area (Å²) in [5, 5.41) is 4.26. The Morgan fingerprint density at radius 3 is 2.35 bits per heavy atom. The van der Waals surface area contributed by atoms with E-state index in [-0.39, 0.29) is 29.0 Å². The molecule has 168 valence electrons. The van der Waals surface area contributed by atoms with E-state index < -0.39 is 11.9 Å². The fourth-order valence-electron chi connectivity index (χ4n) is 3.64. The Bertz CT molecular complexity index is 904. The molecule has 2 aromatic rings. The Kier molecular flexibility index (Phi) is 7.12. The Balaban J connectivity index is 1.78. The van der Waals surface area contributed by atoms with E-state index in [0.29, 0.717) is 13.1 Å². The number of rotatable bonds is 6. The third-order valence-electron chi connectivity index (χ3n) is 5.51. The summed E-state index contributed by atoms with van der Waals surface area (Å²) in [7, 11) is 2.58. The maximum Gasteiger partial charge on any atom is 0.358 e. The maximum absolute atomic E-state index is 12.2. The second kappa shape index (κ2) is 9.62. The number of nitrogens with zero attached hydrogens (tertiary/aromatic N) is 3. The highest BCUT2D eigenvalue weighted by Gasteiger charge is 2.35. The van der Waals surface area contributed by atoms with Gasteiger partial charge in [-0.15, -0.1) is 0 Å². The Morgan fingerprint density at radius 1 is 1.06 bits per heavy atom. The third-order valence-corrected chi connectivity index (χ3v) is 5.51. The van der Waals surface area contributed by atoms with Gasteiger partial charge in [-0.25, -0.2) is 9.59 Å². The Hall–Kier alpha value is -2.71. The average Bonchev–Trinajstić information content (AvgIpc) is 3.20. The van der Waals surface area contributed by atoms with Gasteiger partial charge < -0.3 is 14.2 Å². The Morgan fingerprint density at radius 2 is 1.74 bits per heavy atom. The lowest BCUT2D eigenvalue weighted by Crippen LogP contribution is -2.49. The average molecular weight is 430 g/mol. The van der Waals surface area contributed by atoms with Crippen molar-refractivity contribution in [3.63, 3.8) is 0 Å². The second-order valence-electron chi connectivity index (χ2n) is 8.77. The zero-order valence-electron chi connectivity index (χ0n) is 18.8. The molecule has 8 nitrogen and oxygen atoms in total. The van der Waals surface area contributed by atoms with E-state index in [0.717, 1.165) is 18.7 Å². The molecule has 31 heavy (non-hydrogen) atoms. The van der Waals surface area contributed by atoms with Gasteiger partial charge in [-0.3, -0.25) is 9.58 Å². The number of benzene rings is 1. The van der Waals surface area contributed by atoms with E-state index >= 15 is 0 Å². The molecule has 1 fully saturated rings. The number of morpholine rings is 1. The van der Waals surface area contributed by atoms with E-state index in [1.54, 1.807) is 0 Å². The van der Waals surface area contributed by atoms with Crippen LogP contribution in [0.4, 0.5) is 0 Å². The van der Waals surface area contributed by atoms with E-state index in [4.69, 9.17) is 14.2 Å². The number of carbonyl (C=O) groups is 2. The van der Waals surface area contributed by atoms with Crippen molar-refractivity contribution in [3.05, 3.63) is 53.3 Å². The molecule has 2 heterocycles. The molecule has 8 heteroatoms. The third kappa shape index (κ3) is 5.51. The van der Waals surface area contributed by atoms with Crippen molar-refractivity contribution in [1.29, 1.82) is 0 Å². The first kappa shape index (κ1) is 23.0. The van der Waals surface area contributed by atoms with Crippen LogP contribution >= 0.6 is 0 Å². The SMILES string of the molecule is COC(=O)c1cc(C(=O)OC)n(CCN2C[C@@H](c3ccccc3)O[C@@H](C(C)(C)C)C2)n1. The van der Waals surface area contributed by atoms with E-state index in [9.17, 15) is 9.59 Å². The standard InChI is InChI=1S/C23H31N3O5/c1-23(2,3)20-15-25(14-19(31-20)16-9-7-6-8-10-16)11-12-26-18(22(28)30-5)13-17(24-26)21(27)29-4/h6-10,13,19-20H,11-12,14-15H2,1-5H3/t19-,20+/m0/s1. The summed E-state index contributed by atoms with van der Waals surface area (Å²) >= 11 is 0. The summed E-state index contributed by atoms with van der Waals surface area (Å²) in [6, 6.07) is 11.6. The summed E-state index contributed by atoms with van der Waals surface area (Å²) in [6.45, 7) is 9.10. The molecule has 0 spiro atoms. The maximum atomic E-state index is 12.2. The van der Waals surface area contributed by atoms with E-state index in [1.165, 1.54) is 25.0 Å². The first-order valence-corrected chi connectivity index (χ1v) is 10.4. The number of esters is 2. The highest BCUT2D eigenvalue weighted by Crippen LogP contribution is 2.33. The van der Waals surface area contributed by atoms with Crippen LogP contribution in [0.25, 0.3) is 0 Å². The van der Waals surface area contributed by atoms with Crippen LogP contribution in [0.1, 0.15) is 53.4 Å². The van der Waals surface area contributed by atoms with Crippen LogP contribution in [0.3, 0.4) is 0 Å². The molecule has 1 saturated heterocycles. The molecular weight excluding hydrogens is 398 g/mol. The molecule has 0 aliphatic carbocycles. The molecule has 0 amide bonds. The number of methoxy groups -OCH3 is 2. The van der Waals surface area contributed by atoms with Crippen molar-refractivity contribution in [1.82, 2.24) is 14.7 Å². The van der Waals surface area contributed by atoms with Gasteiger partial charge in [0.05, 0.1) is 33.0 Å². The minimum Gasteiger partial charge on any atom is -0.464 e. The molecule has 0 N–H and O–H groups in total. The predicted octanol–water partition coefficient (Wildman–Crippen LogP) is 2.94. The zero-order valence-corrected chi connectivity index (χ0v) is 18.8. The number of aromatic nitrogens is 2. The van der Waals surface area contributed by atoms with Crippen molar-refractivity contribution < 1.29 is 23.8 Å². The molecule has 0 radical (unpaired) electrons. The first-order valence-electron chi connectivity index (χ1n) is 10.4.